The minimum absolute atomic E-state index is 0.203. The van der Waals surface area contributed by atoms with E-state index >= 15 is 0 Å². The highest BCUT2D eigenvalue weighted by atomic mass is 35.5. The van der Waals surface area contributed by atoms with Crippen molar-refractivity contribution >= 4 is 41.2 Å². The molecule has 2 rings (SSSR count). The van der Waals surface area contributed by atoms with Crippen LogP contribution in [0.5, 0.6) is 5.75 Å². The van der Waals surface area contributed by atoms with Crippen LogP contribution in [0.15, 0.2) is 42.0 Å². The number of nitrogens with one attached hydrogen (secondary N) is 1. The largest absolute Gasteiger partial charge is 0.496 e. The second-order valence-electron chi connectivity index (χ2n) is 7.55. The first kappa shape index (κ1) is 25.7. The van der Waals surface area contributed by atoms with Gasteiger partial charge in [-0.25, -0.2) is 4.79 Å². The van der Waals surface area contributed by atoms with E-state index in [4.69, 9.17) is 32.7 Å². The fraction of sp³-hybridized carbons (Fsp3) is 0.333. The standard InChI is InChI=1S/C24H27Cl2NO5/c1-14(2)32-22(24(29)30)12-17-6-8-21(31-4)18(10-17)13-27-23(28)15(3)9-16-5-7-19(25)20(26)11-16/h5-11,14,22H,12-13H2,1-4H3,(H,27,28)(H,29,30). The van der Waals surface area contributed by atoms with Crippen molar-refractivity contribution in [1.82, 2.24) is 5.32 Å². The van der Waals surface area contributed by atoms with Crippen molar-refractivity contribution in [3.05, 3.63) is 68.7 Å². The molecule has 1 amide bonds. The van der Waals surface area contributed by atoms with Crippen molar-refractivity contribution in [3.63, 3.8) is 0 Å². The van der Waals surface area contributed by atoms with Crippen LogP contribution in [0.25, 0.3) is 6.08 Å². The molecular weight excluding hydrogens is 453 g/mol. The number of halogens is 2. The Labute approximate surface area is 198 Å². The molecule has 1 unspecified atom stereocenters. The molecular formula is C24H27Cl2NO5. The lowest BCUT2D eigenvalue weighted by molar-refractivity contribution is -0.153. The fourth-order valence-corrected chi connectivity index (χ4v) is 3.37. The van der Waals surface area contributed by atoms with Crippen molar-refractivity contribution in [2.45, 2.75) is 45.9 Å². The number of benzene rings is 2. The molecule has 6 nitrogen and oxygen atoms in total. The summed E-state index contributed by atoms with van der Waals surface area (Å²) in [6, 6.07) is 10.5. The average Bonchev–Trinajstić information content (AvgIpc) is 2.73. The number of carboxylic acid groups (broad SMARTS) is 1. The molecule has 32 heavy (non-hydrogen) atoms. The van der Waals surface area contributed by atoms with Crippen LogP contribution in [-0.4, -0.2) is 36.3 Å². The second kappa shape index (κ2) is 11.9. The summed E-state index contributed by atoms with van der Waals surface area (Å²) in [5.74, 6) is -0.681. The third-order valence-corrected chi connectivity index (χ3v) is 5.34. The lowest BCUT2D eigenvalue weighted by atomic mass is 10.0. The molecule has 0 heterocycles. The van der Waals surface area contributed by atoms with E-state index in [0.29, 0.717) is 21.4 Å². The molecule has 2 aromatic rings. The first-order valence-electron chi connectivity index (χ1n) is 10.1. The van der Waals surface area contributed by atoms with Gasteiger partial charge in [0, 0.05) is 24.1 Å². The third-order valence-electron chi connectivity index (χ3n) is 4.60. The number of methoxy groups -OCH3 is 1. The van der Waals surface area contributed by atoms with E-state index in [1.807, 2.05) is 6.07 Å². The van der Waals surface area contributed by atoms with E-state index in [1.54, 1.807) is 57.2 Å². The predicted molar refractivity (Wildman–Crippen MR) is 126 cm³/mol. The molecule has 0 aliphatic heterocycles. The van der Waals surface area contributed by atoms with E-state index in [-0.39, 0.29) is 25.0 Å². The highest BCUT2D eigenvalue weighted by molar-refractivity contribution is 6.42. The van der Waals surface area contributed by atoms with Gasteiger partial charge in [-0.1, -0.05) is 41.4 Å². The first-order chi connectivity index (χ1) is 15.1. The number of amides is 1. The maximum Gasteiger partial charge on any atom is 0.333 e. The van der Waals surface area contributed by atoms with Crippen LogP contribution in [-0.2, 0) is 27.3 Å². The van der Waals surface area contributed by atoms with Gasteiger partial charge in [0.1, 0.15) is 5.75 Å². The maximum atomic E-state index is 12.6. The summed E-state index contributed by atoms with van der Waals surface area (Å²) in [6.07, 6.45) is 0.751. The van der Waals surface area contributed by atoms with Crippen molar-refractivity contribution in [2.24, 2.45) is 0 Å². The van der Waals surface area contributed by atoms with Crippen molar-refractivity contribution in [2.75, 3.05) is 7.11 Å². The summed E-state index contributed by atoms with van der Waals surface area (Å²) in [5.41, 5.74) is 2.76. The van der Waals surface area contributed by atoms with Gasteiger partial charge in [-0.2, -0.15) is 0 Å². The molecule has 8 heteroatoms. The van der Waals surface area contributed by atoms with Crippen LogP contribution < -0.4 is 10.1 Å². The minimum atomic E-state index is -1.02. The SMILES string of the molecule is COc1ccc(CC(OC(C)C)C(=O)O)cc1CNC(=O)C(C)=Cc1ccc(Cl)c(Cl)c1. The van der Waals surface area contributed by atoms with Crippen LogP contribution in [0.3, 0.4) is 0 Å². The number of aliphatic carboxylic acids is 1. The maximum absolute atomic E-state index is 12.6. The number of carbonyl (C=O) groups excluding carboxylic acids is 1. The molecule has 172 valence electrons. The van der Waals surface area contributed by atoms with Gasteiger partial charge >= 0.3 is 5.97 Å². The van der Waals surface area contributed by atoms with Crippen molar-refractivity contribution in [1.29, 1.82) is 0 Å². The summed E-state index contributed by atoms with van der Waals surface area (Å²) in [7, 11) is 1.54. The molecule has 0 radical (unpaired) electrons. The quantitative estimate of drug-likeness (QED) is 0.460. The van der Waals surface area contributed by atoms with Crippen LogP contribution in [0.4, 0.5) is 0 Å². The Kier molecular flexibility index (Phi) is 9.57. The zero-order valence-electron chi connectivity index (χ0n) is 18.4. The Balaban J connectivity index is 2.12. The Morgan fingerprint density at radius 2 is 1.84 bits per heavy atom. The topological polar surface area (TPSA) is 84.9 Å². The summed E-state index contributed by atoms with van der Waals surface area (Å²) < 4.78 is 10.9. The molecule has 0 spiro atoms. The number of ether oxygens (including phenoxy) is 2. The summed E-state index contributed by atoms with van der Waals surface area (Å²) >= 11 is 12.0. The zero-order chi connectivity index (χ0) is 23.8. The van der Waals surface area contributed by atoms with Gasteiger partial charge in [-0.05, 0) is 56.2 Å². The molecule has 0 saturated heterocycles. The number of carboxylic acids is 1. The zero-order valence-corrected chi connectivity index (χ0v) is 20.0. The molecule has 0 bridgehead atoms. The highest BCUT2D eigenvalue weighted by Crippen LogP contribution is 2.24. The van der Waals surface area contributed by atoms with E-state index in [9.17, 15) is 14.7 Å². The Morgan fingerprint density at radius 3 is 2.44 bits per heavy atom. The molecule has 2 aromatic carbocycles. The Morgan fingerprint density at radius 1 is 1.12 bits per heavy atom. The lowest BCUT2D eigenvalue weighted by Crippen LogP contribution is -2.29. The number of hydrogen-bond acceptors (Lipinski definition) is 4. The lowest BCUT2D eigenvalue weighted by Gasteiger charge is -2.18. The van der Waals surface area contributed by atoms with Gasteiger partial charge in [-0.15, -0.1) is 0 Å². The molecule has 0 saturated carbocycles. The van der Waals surface area contributed by atoms with Crippen LogP contribution in [0.2, 0.25) is 10.0 Å². The molecule has 2 N–H and O–H groups in total. The van der Waals surface area contributed by atoms with Gasteiger partial charge in [0.15, 0.2) is 6.10 Å². The van der Waals surface area contributed by atoms with Gasteiger partial charge in [0.05, 0.1) is 23.3 Å². The minimum Gasteiger partial charge on any atom is -0.496 e. The van der Waals surface area contributed by atoms with Crippen molar-refractivity contribution < 1.29 is 24.2 Å². The van der Waals surface area contributed by atoms with Crippen LogP contribution >= 0.6 is 23.2 Å². The van der Waals surface area contributed by atoms with E-state index in [0.717, 1.165) is 16.7 Å². The number of hydrogen-bond donors (Lipinski definition) is 2. The molecule has 0 fully saturated rings. The van der Waals surface area contributed by atoms with E-state index in [1.165, 1.54) is 7.11 Å². The summed E-state index contributed by atoms with van der Waals surface area (Å²) in [4.78, 5) is 24.1. The van der Waals surface area contributed by atoms with Gasteiger partial charge in [0.25, 0.3) is 0 Å². The van der Waals surface area contributed by atoms with E-state index in [2.05, 4.69) is 5.32 Å². The Hall–Kier alpha value is -2.54. The first-order valence-corrected chi connectivity index (χ1v) is 10.8. The van der Waals surface area contributed by atoms with E-state index < -0.39 is 12.1 Å². The van der Waals surface area contributed by atoms with Gasteiger partial charge < -0.3 is 19.9 Å². The fourth-order valence-electron chi connectivity index (χ4n) is 3.07. The molecule has 0 aromatic heterocycles. The second-order valence-corrected chi connectivity index (χ2v) is 8.36. The Bertz CT molecular complexity index is 1000. The third kappa shape index (κ3) is 7.55. The predicted octanol–water partition coefficient (Wildman–Crippen LogP) is 5.14. The van der Waals surface area contributed by atoms with Gasteiger partial charge in [0.2, 0.25) is 5.91 Å². The van der Waals surface area contributed by atoms with Crippen molar-refractivity contribution in [3.8, 4) is 5.75 Å². The smallest absolute Gasteiger partial charge is 0.333 e. The highest BCUT2D eigenvalue weighted by Gasteiger charge is 2.21. The van der Waals surface area contributed by atoms with Crippen LogP contribution in [0, 0.1) is 0 Å². The number of rotatable bonds is 10. The summed E-state index contributed by atoms with van der Waals surface area (Å²) in [6.45, 7) is 5.49. The normalized spacial score (nSPS) is 12.5. The average molecular weight is 480 g/mol. The molecule has 1 atom stereocenters. The van der Waals surface area contributed by atoms with Crippen LogP contribution in [0.1, 0.15) is 37.5 Å². The summed E-state index contributed by atoms with van der Waals surface area (Å²) in [5, 5.41) is 13.1. The molecule has 0 aliphatic carbocycles. The van der Waals surface area contributed by atoms with Gasteiger partial charge in [-0.3, -0.25) is 4.79 Å². The number of carbonyl (C=O) groups is 2. The monoisotopic (exact) mass is 479 g/mol. The molecule has 0 aliphatic rings.